The molecular formula is C14H16ClF2N3S. The van der Waals surface area contributed by atoms with Gasteiger partial charge in [0.2, 0.25) is 0 Å². The highest BCUT2D eigenvalue weighted by atomic mass is 35.5. The van der Waals surface area contributed by atoms with Gasteiger partial charge in [-0.25, -0.2) is 13.8 Å². The minimum Gasteiger partial charge on any atom is -0.330 e. The van der Waals surface area contributed by atoms with Crippen molar-refractivity contribution in [2.75, 3.05) is 12.3 Å². The molecule has 0 aliphatic heterocycles. The van der Waals surface area contributed by atoms with Gasteiger partial charge in [-0.15, -0.1) is 12.4 Å². The number of nitrogens with two attached hydrogens (primary N) is 1. The molecule has 0 amide bonds. The second kappa shape index (κ2) is 6.77. The first-order chi connectivity index (χ1) is 9.70. The highest BCUT2D eigenvalue weighted by Crippen LogP contribution is 2.38. The summed E-state index contributed by atoms with van der Waals surface area (Å²) in [5, 5.41) is 0.845. The molecule has 0 radical (unpaired) electrons. The van der Waals surface area contributed by atoms with E-state index < -0.39 is 11.6 Å². The SMILES string of the molecule is Cl.NCCSc1nccn1C1CCc2c(F)cc(F)cc21. The zero-order valence-electron chi connectivity index (χ0n) is 11.3. The van der Waals surface area contributed by atoms with Crippen molar-refractivity contribution in [1.82, 2.24) is 9.55 Å². The predicted molar refractivity (Wildman–Crippen MR) is 82.1 cm³/mol. The van der Waals surface area contributed by atoms with Crippen LogP contribution in [0.3, 0.4) is 0 Å². The Bertz CT molecular complexity index is 633. The average molecular weight is 332 g/mol. The van der Waals surface area contributed by atoms with E-state index in [1.54, 1.807) is 18.0 Å². The smallest absolute Gasteiger partial charge is 0.168 e. The maximum absolute atomic E-state index is 13.8. The standard InChI is InChI=1S/C14H15F2N3S.ClH/c15-9-7-11-10(12(16)8-9)1-2-13(11)19-5-4-18-14(19)20-6-3-17;/h4-5,7-8,13H,1-3,6,17H2;1H. The molecule has 1 heterocycles. The van der Waals surface area contributed by atoms with Crippen LogP contribution in [0, 0.1) is 11.6 Å². The highest BCUT2D eigenvalue weighted by molar-refractivity contribution is 7.99. The van der Waals surface area contributed by atoms with Gasteiger partial charge in [0.25, 0.3) is 0 Å². The Morgan fingerprint density at radius 1 is 1.38 bits per heavy atom. The minimum absolute atomic E-state index is 0. The Balaban J connectivity index is 0.00000161. The lowest BCUT2D eigenvalue weighted by atomic mass is 10.1. The Labute approximate surface area is 132 Å². The number of nitrogens with zero attached hydrogens (tertiary/aromatic N) is 2. The molecule has 0 fully saturated rings. The predicted octanol–water partition coefficient (Wildman–Crippen LogP) is 3.17. The summed E-state index contributed by atoms with van der Waals surface area (Å²) in [5.74, 6) is -0.197. The first-order valence-electron chi connectivity index (χ1n) is 6.54. The summed E-state index contributed by atoms with van der Waals surface area (Å²) >= 11 is 1.56. The van der Waals surface area contributed by atoms with Crippen molar-refractivity contribution in [3.05, 3.63) is 47.3 Å². The van der Waals surface area contributed by atoms with Crippen LogP contribution in [0.15, 0.2) is 29.7 Å². The van der Waals surface area contributed by atoms with Gasteiger partial charge in [0.1, 0.15) is 11.6 Å². The van der Waals surface area contributed by atoms with Gasteiger partial charge in [-0.05, 0) is 30.0 Å². The normalized spacial score (nSPS) is 16.6. The van der Waals surface area contributed by atoms with Crippen molar-refractivity contribution in [2.24, 2.45) is 5.73 Å². The molecule has 1 aromatic carbocycles. The topological polar surface area (TPSA) is 43.8 Å². The first-order valence-corrected chi connectivity index (χ1v) is 7.52. The lowest BCUT2D eigenvalue weighted by Crippen LogP contribution is -2.09. The second-order valence-corrected chi connectivity index (χ2v) is 5.83. The lowest BCUT2D eigenvalue weighted by molar-refractivity contribution is 0.531. The zero-order chi connectivity index (χ0) is 14.1. The number of hydrogen-bond donors (Lipinski definition) is 1. The molecule has 0 spiro atoms. The number of thioether (sulfide) groups is 1. The third-order valence-electron chi connectivity index (χ3n) is 3.54. The van der Waals surface area contributed by atoms with Gasteiger partial charge < -0.3 is 10.3 Å². The molecule has 3 nitrogen and oxygen atoms in total. The number of benzene rings is 1. The van der Waals surface area contributed by atoms with E-state index in [1.165, 1.54) is 6.07 Å². The number of rotatable bonds is 4. The molecule has 1 unspecified atom stereocenters. The number of halogens is 3. The fourth-order valence-corrected chi connectivity index (χ4v) is 3.48. The van der Waals surface area contributed by atoms with Gasteiger partial charge in [-0.1, -0.05) is 11.8 Å². The van der Waals surface area contributed by atoms with E-state index in [4.69, 9.17) is 5.73 Å². The first kappa shape index (κ1) is 16.3. The van der Waals surface area contributed by atoms with Crippen molar-refractivity contribution in [3.8, 4) is 0 Å². The number of imidazole rings is 1. The fourth-order valence-electron chi connectivity index (χ4n) is 2.71. The van der Waals surface area contributed by atoms with E-state index in [9.17, 15) is 8.78 Å². The summed E-state index contributed by atoms with van der Waals surface area (Å²) in [4.78, 5) is 4.30. The lowest BCUT2D eigenvalue weighted by Gasteiger charge is -2.16. The van der Waals surface area contributed by atoms with Crippen LogP contribution in [0.1, 0.15) is 23.6 Å². The highest BCUT2D eigenvalue weighted by Gasteiger charge is 2.28. The maximum Gasteiger partial charge on any atom is 0.168 e. The van der Waals surface area contributed by atoms with Crippen LogP contribution in [0.4, 0.5) is 8.78 Å². The van der Waals surface area contributed by atoms with Crippen LogP contribution in [-0.2, 0) is 6.42 Å². The van der Waals surface area contributed by atoms with Crippen LogP contribution in [0.5, 0.6) is 0 Å². The maximum atomic E-state index is 13.8. The molecule has 7 heteroatoms. The van der Waals surface area contributed by atoms with Crippen molar-refractivity contribution >= 4 is 24.2 Å². The van der Waals surface area contributed by atoms with Gasteiger partial charge in [0.15, 0.2) is 5.16 Å². The Morgan fingerprint density at radius 2 is 2.19 bits per heavy atom. The van der Waals surface area contributed by atoms with E-state index in [-0.39, 0.29) is 18.4 Å². The number of aromatic nitrogens is 2. The molecule has 3 rings (SSSR count). The molecule has 1 aliphatic carbocycles. The van der Waals surface area contributed by atoms with E-state index >= 15 is 0 Å². The quantitative estimate of drug-likeness (QED) is 0.875. The Hall–Kier alpha value is -1.11. The van der Waals surface area contributed by atoms with Gasteiger partial charge in [0.05, 0.1) is 6.04 Å². The second-order valence-electron chi connectivity index (χ2n) is 4.76. The van der Waals surface area contributed by atoms with Crippen molar-refractivity contribution in [2.45, 2.75) is 24.0 Å². The number of fused-ring (bicyclic) bond motifs is 1. The minimum atomic E-state index is -0.524. The van der Waals surface area contributed by atoms with E-state index in [0.29, 0.717) is 18.5 Å². The summed E-state index contributed by atoms with van der Waals surface area (Å²) in [6.45, 7) is 0.571. The third-order valence-corrected chi connectivity index (χ3v) is 4.55. The Morgan fingerprint density at radius 3 is 2.95 bits per heavy atom. The molecular weight excluding hydrogens is 316 g/mol. The van der Waals surface area contributed by atoms with Crippen LogP contribution in [0.2, 0.25) is 0 Å². The summed E-state index contributed by atoms with van der Waals surface area (Å²) in [6, 6.07) is 2.35. The van der Waals surface area contributed by atoms with Gasteiger partial charge >= 0.3 is 0 Å². The molecule has 0 saturated heterocycles. The molecule has 21 heavy (non-hydrogen) atoms. The van der Waals surface area contributed by atoms with Crippen molar-refractivity contribution < 1.29 is 8.78 Å². The molecule has 0 bridgehead atoms. The molecule has 2 N–H and O–H groups in total. The fraction of sp³-hybridized carbons (Fsp3) is 0.357. The molecule has 2 aromatic rings. The van der Waals surface area contributed by atoms with Crippen LogP contribution >= 0.6 is 24.2 Å². The monoisotopic (exact) mass is 331 g/mol. The van der Waals surface area contributed by atoms with E-state index in [0.717, 1.165) is 29.0 Å². The average Bonchev–Trinajstić information content (AvgIpc) is 3.01. The zero-order valence-corrected chi connectivity index (χ0v) is 12.9. The molecule has 1 aliphatic rings. The Kier molecular flexibility index (Phi) is 5.24. The van der Waals surface area contributed by atoms with Gasteiger partial charge in [-0.3, -0.25) is 0 Å². The van der Waals surface area contributed by atoms with Crippen LogP contribution < -0.4 is 5.73 Å². The van der Waals surface area contributed by atoms with Crippen LogP contribution in [0.25, 0.3) is 0 Å². The summed E-state index contributed by atoms with van der Waals surface area (Å²) in [7, 11) is 0. The van der Waals surface area contributed by atoms with Gasteiger partial charge in [-0.2, -0.15) is 0 Å². The largest absolute Gasteiger partial charge is 0.330 e. The molecule has 114 valence electrons. The summed E-state index contributed by atoms with van der Waals surface area (Å²) in [6.07, 6.45) is 4.97. The van der Waals surface area contributed by atoms with E-state index in [2.05, 4.69) is 4.98 Å². The van der Waals surface area contributed by atoms with Crippen LogP contribution in [-0.4, -0.2) is 21.8 Å². The summed E-state index contributed by atoms with van der Waals surface area (Å²) in [5.41, 5.74) is 6.86. The van der Waals surface area contributed by atoms with Gasteiger partial charge in [0, 0.05) is 30.8 Å². The van der Waals surface area contributed by atoms with Crippen molar-refractivity contribution in [3.63, 3.8) is 0 Å². The third kappa shape index (κ3) is 3.07. The van der Waals surface area contributed by atoms with Crippen molar-refractivity contribution in [1.29, 1.82) is 0 Å². The molecule has 1 atom stereocenters. The van der Waals surface area contributed by atoms with E-state index in [1.807, 2.05) is 10.8 Å². The number of hydrogen-bond acceptors (Lipinski definition) is 3. The molecule has 0 saturated carbocycles. The summed E-state index contributed by atoms with van der Waals surface area (Å²) < 4.78 is 29.2. The molecule has 1 aromatic heterocycles.